The lowest BCUT2D eigenvalue weighted by Gasteiger charge is -2.25. The van der Waals surface area contributed by atoms with Gasteiger partial charge in [0.05, 0.1) is 5.69 Å². The fourth-order valence-corrected chi connectivity index (χ4v) is 3.38. The summed E-state index contributed by atoms with van der Waals surface area (Å²) in [6, 6.07) is 12.9. The summed E-state index contributed by atoms with van der Waals surface area (Å²) in [5, 5.41) is 20.0. The lowest BCUT2D eigenvalue weighted by molar-refractivity contribution is 0.102. The third kappa shape index (κ3) is 3.64. The van der Waals surface area contributed by atoms with Crippen LogP contribution in [0.3, 0.4) is 0 Å². The monoisotopic (exact) mass is 351 g/mol. The van der Waals surface area contributed by atoms with Crippen LogP contribution in [0.4, 0.5) is 11.4 Å². The normalized spacial score (nSPS) is 15.1. The van der Waals surface area contributed by atoms with Crippen LogP contribution in [0.25, 0.3) is 6.08 Å². The third-order valence-corrected chi connectivity index (χ3v) is 4.88. The maximum absolute atomic E-state index is 12.8. The molecule has 0 atom stereocenters. The first-order chi connectivity index (χ1) is 12.5. The van der Waals surface area contributed by atoms with Crippen LogP contribution in [-0.4, -0.2) is 24.1 Å². The molecule has 0 aliphatic heterocycles. The minimum atomic E-state index is -0.211. The average Bonchev–Trinajstić information content (AvgIpc) is 2.66. The molecular weight excluding hydrogens is 328 g/mol. The fraction of sp³-hybridized carbons (Fsp3) is 0.286. The number of hydrogen-bond donors (Lipinski definition) is 1. The van der Waals surface area contributed by atoms with E-state index >= 15 is 0 Å². The smallest absolute Gasteiger partial charge is 0.189 e. The zero-order valence-electron chi connectivity index (χ0n) is 15.1. The molecule has 26 heavy (non-hydrogen) atoms. The van der Waals surface area contributed by atoms with Gasteiger partial charge < -0.3 is 15.3 Å². The summed E-state index contributed by atoms with van der Waals surface area (Å²) in [4.78, 5) is 15.1. The summed E-state index contributed by atoms with van der Waals surface area (Å²) < 4.78 is 0. The molecule has 0 saturated carbocycles. The van der Waals surface area contributed by atoms with Gasteiger partial charge >= 0.3 is 0 Å². The molecule has 5 nitrogen and oxygen atoms in total. The quantitative estimate of drug-likeness (QED) is 0.637. The second kappa shape index (κ2) is 7.72. The number of fused-ring (bicyclic) bond motifs is 1. The number of allylic oxidation sites excluding steroid dienone is 1. The van der Waals surface area contributed by atoms with E-state index in [1.165, 1.54) is 17.8 Å². The van der Waals surface area contributed by atoms with Crippen LogP contribution in [0.2, 0.25) is 0 Å². The number of Topliss-reactive ketones (excluding diaryl/α,β-unsaturated/α-hetero) is 1. The molecule has 0 amide bonds. The van der Waals surface area contributed by atoms with Crippen LogP contribution >= 0.6 is 0 Å². The largest absolute Gasteiger partial charge is 0.733 e. The van der Waals surface area contributed by atoms with E-state index in [1.54, 1.807) is 6.07 Å². The highest BCUT2D eigenvalue weighted by Gasteiger charge is 2.22. The van der Waals surface area contributed by atoms with Gasteiger partial charge in [0, 0.05) is 29.9 Å². The van der Waals surface area contributed by atoms with E-state index in [0.29, 0.717) is 12.0 Å². The molecule has 3 rings (SSSR count). The van der Waals surface area contributed by atoms with Crippen molar-refractivity contribution in [2.45, 2.75) is 26.7 Å². The van der Waals surface area contributed by atoms with Gasteiger partial charge in [0.2, 0.25) is 0 Å². The molecule has 2 aromatic rings. The predicted octanol–water partition coefficient (Wildman–Crippen LogP) is 4.44. The second-order valence-electron chi connectivity index (χ2n) is 6.38. The van der Waals surface area contributed by atoms with Crippen LogP contribution in [-0.2, 0) is 6.42 Å². The Kier molecular flexibility index (Phi) is 5.40. The Morgan fingerprint density at radius 2 is 1.69 bits per heavy atom. The first-order valence-corrected chi connectivity index (χ1v) is 8.92. The van der Waals surface area contributed by atoms with E-state index in [-0.39, 0.29) is 16.7 Å². The summed E-state index contributed by atoms with van der Waals surface area (Å²) in [6.45, 7) is 6.16. The van der Waals surface area contributed by atoms with Gasteiger partial charge in [0.25, 0.3) is 0 Å². The second-order valence-corrected chi connectivity index (χ2v) is 6.38. The number of aryl methyl sites for hydroxylation is 1. The molecule has 5 heteroatoms. The lowest BCUT2D eigenvalue weighted by Crippen LogP contribution is -2.21. The number of carbonyl (C=O) groups excluding carboxylic acids is 1. The number of ketones is 1. The minimum Gasteiger partial charge on any atom is -0.733 e. The maximum atomic E-state index is 12.8. The van der Waals surface area contributed by atoms with E-state index < -0.39 is 0 Å². The molecule has 0 spiro atoms. The Balaban J connectivity index is 1.86. The summed E-state index contributed by atoms with van der Waals surface area (Å²) in [5.74, 6) is -0.0808. The molecule has 0 fully saturated rings. The maximum Gasteiger partial charge on any atom is 0.189 e. The third-order valence-electron chi connectivity index (χ3n) is 4.88. The Morgan fingerprint density at radius 1 is 1.04 bits per heavy atom. The Morgan fingerprint density at radius 3 is 2.31 bits per heavy atom. The Hall–Kier alpha value is -2.63. The number of anilines is 2. The highest BCUT2D eigenvalue weighted by Crippen LogP contribution is 2.30. The lowest BCUT2D eigenvalue weighted by atomic mass is 9.85. The molecule has 0 heterocycles. The van der Waals surface area contributed by atoms with E-state index in [1.807, 2.05) is 18.2 Å². The van der Waals surface area contributed by atoms with Gasteiger partial charge in [-0.05, 0) is 68.2 Å². The first-order valence-electron chi connectivity index (χ1n) is 8.92. The van der Waals surface area contributed by atoms with Gasteiger partial charge in [-0.3, -0.25) is 10.0 Å². The first kappa shape index (κ1) is 18.2. The minimum absolute atomic E-state index is 0.0712. The van der Waals surface area contributed by atoms with Crippen molar-refractivity contribution in [3.63, 3.8) is 0 Å². The molecule has 1 aliphatic rings. The molecule has 0 unspecified atom stereocenters. The average molecular weight is 351 g/mol. The highest BCUT2D eigenvalue weighted by atomic mass is 16.8. The Bertz CT molecular complexity index is 822. The summed E-state index contributed by atoms with van der Waals surface area (Å²) in [6.07, 6.45) is 3.33. The highest BCUT2D eigenvalue weighted by molar-refractivity contribution is 6.13. The fourth-order valence-electron chi connectivity index (χ4n) is 3.38. The number of carbonyl (C=O) groups is 1. The van der Waals surface area contributed by atoms with Gasteiger partial charge in [-0.1, -0.05) is 18.2 Å². The van der Waals surface area contributed by atoms with Crippen molar-refractivity contribution in [2.75, 3.05) is 23.2 Å². The number of nitrogens with zero attached hydrogens (tertiary/aromatic N) is 2. The number of hydrogen-bond acceptors (Lipinski definition) is 5. The van der Waals surface area contributed by atoms with Gasteiger partial charge in [0.1, 0.15) is 0 Å². The van der Waals surface area contributed by atoms with E-state index in [4.69, 9.17) is 5.21 Å². The molecule has 0 aromatic heterocycles. The zero-order valence-corrected chi connectivity index (χ0v) is 15.1. The summed E-state index contributed by atoms with van der Waals surface area (Å²) >= 11 is 0. The zero-order chi connectivity index (χ0) is 18.7. The van der Waals surface area contributed by atoms with E-state index in [0.717, 1.165) is 36.2 Å². The van der Waals surface area contributed by atoms with Crippen molar-refractivity contribution in [1.82, 2.24) is 0 Å². The summed E-state index contributed by atoms with van der Waals surface area (Å²) in [5.41, 5.74) is 4.35. The number of benzene rings is 2. The van der Waals surface area contributed by atoms with Crippen molar-refractivity contribution in [3.8, 4) is 0 Å². The predicted molar refractivity (Wildman–Crippen MR) is 105 cm³/mol. The van der Waals surface area contributed by atoms with Crippen molar-refractivity contribution in [1.29, 1.82) is 0 Å². The molecule has 0 saturated heterocycles. The van der Waals surface area contributed by atoms with Crippen molar-refractivity contribution in [2.24, 2.45) is 0 Å². The SMILES string of the molecule is CCN(CC)c1ccc(/C=C2/CCc3ccc(N([O-])O)cc3C2=O)cc1. The van der Waals surface area contributed by atoms with Gasteiger partial charge in [-0.25, -0.2) is 0 Å². The molecule has 136 valence electrons. The molecular formula is C21H23N2O3-. The molecule has 0 radical (unpaired) electrons. The van der Waals surface area contributed by atoms with Gasteiger partial charge in [-0.2, -0.15) is 0 Å². The Labute approximate surface area is 153 Å². The number of rotatable bonds is 5. The van der Waals surface area contributed by atoms with Crippen molar-refractivity contribution in [3.05, 3.63) is 69.9 Å². The van der Waals surface area contributed by atoms with Crippen molar-refractivity contribution >= 4 is 23.2 Å². The van der Waals surface area contributed by atoms with Crippen LogP contribution < -0.4 is 10.1 Å². The summed E-state index contributed by atoms with van der Waals surface area (Å²) in [7, 11) is 0. The molecule has 1 aliphatic carbocycles. The van der Waals surface area contributed by atoms with Gasteiger partial charge in [-0.15, -0.1) is 0 Å². The molecule has 1 N–H and O–H groups in total. The topological polar surface area (TPSA) is 66.8 Å². The van der Waals surface area contributed by atoms with E-state index in [2.05, 4.69) is 30.9 Å². The van der Waals surface area contributed by atoms with Crippen LogP contribution in [0, 0.1) is 5.21 Å². The van der Waals surface area contributed by atoms with E-state index in [9.17, 15) is 10.0 Å². The van der Waals surface area contributed by atoms with Gasteiger partial charge in [0.15, 0.2) is 5.78 Å². The standard InChI is InChI=1S/C21H23N2O3/c1-3-22(4-2)18-10-5-15(6-11-18)13-17-8-7-16-9-12-19(23(25)26)14-20(16)21(17)24/h5-6,9-14,25H,3-4,7-8H2,1-2H3/q-1/b17-13-. The van der Waals surface area contributed by atoms with Crippen molar-refractivity contribution < 1.29 is 10.0 Å². The molecule has 2 aromatic carbocycles. The van der Waals surface area contributed by atoms with Crippen LogP contribution in [0.1, 0.15) is 41.8 Å². The molecule has 0 bridgehead atoms. The van der Waals surface area contributed by atoms with Crippen LogP contribution in [0.15, 0.2) is 48.0 Å². The van der Waals surface area contributed by atoms with Crippen LogP contribution in [0.5, 0.6) is 0 Å².